The number of aromatic nitrogens is 1. The van der Waals surface area contributed by atoms with Gasteiger partial charge in [0.15, 0.2) is 6.61 Å². The molecule has 1 unspecified atom stereocenters. The number of Topliss-reactive ketones (excluding diaryl/α,β-unsaturated/α-hetero) is 1. The number of carbonyl (C=O) groups is 3. The minimum atomic E-state index is -2.93. The van der Waals surface area contributed by atoms with Crippen molar-refractivity contribution in [2.24, 2.45) is 5.92 Å². The standard InChI is InChI=1S/C29H32F2N2O7/c1-16(2)26(32-27(35)19-12-22(37-5)14-23(13-19)38-6)28(36)39-15-25(34)24-11-17(3)33(18(24)4)20-7-9-21(10-8-20)40-29(30)31/h7-14,16,26,29H,15H2,1-6H3,(H,32,35). The SMILES string of the molecule is COc1cc(OC)cc(C(=O)NC(C(=O)OCC(=O)c2cc(C)n(-c3ccc(OC(F)F)cc3)c2C)C(C)C)c1. The number of halogens is 2. The number of nitrogens with zero attached hydrogens (tertiary/aromatic N) is 1. The normalized spacial score (nSPS) is 11.8. The van der Waals surface area contributed by atoms with Gasteiger partial charge in [0.25, 0.3) is 5.91 Å². The zero-order valence-electron chi connectivity index (χ0n) is 23.1. The van der Waals surface area contributed by atoms with E-state index in [1.165, 1.54) is 38.5 Å². The summed E-state index contributed by atoms with van der Waals surface area (Å²) in [5.41, 5.74) is 2.51. The van der Waals surface area contributed by atoms with E-state index in [0.717, 1.165) is 5.69 Å². The number of hydrogen-bond acceptors (Lipinski definition) is 7. The first kappa shape index (κ1) is 30.1. The third kappa shape index (κ3) is 7.16. The van der Waals surface area contributed by atoms with Crippen LogP contribution in [-0.2, 0) is 9.53 Å². The molecule has 3 aromatic rings. The molecule has 1 heterocycles. The molecule has 0 saturated carbocycles. The molecule has 3 rings (SSSR count). The first-order chi connectivity index (χ1) is 18.9. The number of ether oxygens (including phenoxy) is 4. The van der Waals surface area contributed by atoms with Crippen LogP contribution < -0.4 is 19.5 Å². The van der Waals surface area contributed by atoms with Crippen molar-refractivity contribution < 1.29 is 42.1 Å². The molecule has 40 heavy (non-hydrogen) atoms. The Morgan fingerprint density at radius 2 is 1.50 bits per heavy atom. The molecule has 0 fully saturated rings. The summed E-state index contributed by atoms with van der Waals surface area (Å²) in [4.78, 5) is 38.8. The van der Waals surface area contributed by atoms with Gasteiger partial charge < -0.3 is 28.8 Å². The lowest BCUT2D eigenvalue weighted by molar-refractivity contribution is -0.145. The van der Waals surface area contributed by atoms with Gasteiger partial charge in [0.2, 0.25) is 5.78 Å². The van der Waals surface area contributed by atoms with Crippen LogP contribution in [0.3, 0.4) is 0 Å². The maximum absolute atomic E-state index is 13.0. The zero-order valence-corrected chi connectivity index (χ0v) is 23.1. The fraction of sp³-hybridized carbons (Fsp3) is 0.345. The highest BCUT2D eigenvalue weighted by atomic mass is 19.3. The van der Waals surface area contributed by atoms with Gasteiger partial charge in [-0.25, -0.2) is 4.79 Å². The number of rotatable bonds is 12. The number of carbonyl (C=O) groups excluding carboxylic acids is 3. The van der Waals surface area contributed by atoms with Gasteiger partial charge in [-0.1, -0.05) is 13.8 Å². The highest BCUT2D eigenvalue weighted by Gasteiger charge is 2.28. The number of esters is 1. The second-order valence-electron chi connectivity index (χ2n) is 9.32. The number of nitrogens with one attached hydrogen (secondary N) is 1. The molecule has 2 aromatic carbocycles. The Hall–Kier alpha value is -4.41. The minimum Gasteiger partial charge on any atom is -0.497 e. The third-order valence-corrected chi connectivity index (χ3v) is 6.22. The van der Waals surface area contributed by atoms with Gasteiger partial charge in [-0.2, -0.15) is 8.78 Å². The highest BCUT2D eigenvalue weighted by Crippen LogP contribution is 2.25. The molecule has 0 saturated heterocycles. The van der Waals surface area contributed by atoms with E-state index in [4.69, 9.17) is 14.2 Å². The highest BCUT2D eigenvalue weighted by molar-refractivity contribution is 6.00. The predicted octanol–water partition coefficient (Wildman–Crippen LogP) is 4.89. The lowest BCUT2D eigenvalue weighted by Gasteiger charge is -2.21. The summed E-state index contributed by atoms with van der Waals surface area (Å²) >= 11 is 0. The van der Waals surface area contributed by atoms with Gasteiger partial charge in [-0.3, -0.25) is 9.59 Å². The molecule has 9 nitrogen and oxygen atoms in total. The Kier molecular flexibility index (Phi) is 9.87. The molecule has 0 radical (unpaired) electrons. The molecule has 214 valence electrons. The molecule has 11 heteroatoms. The minimum absolute atomic E-state index is 0.0155. The van der Waals surface area contributed by atoms with E-state index >= 15 is 0 Å². The van der Waals surface area contributed by atoms with Crippen molar-refractivity contribution in [1.82, 2.24) is 9.88 Å². The van der Waals surface area contributed by atoms with Gasteiger partial charge >= 0.3 is 12.6 Å². The third-order valence-electron chi connectivity index (χ3n) is 6.22. The van der Waals surface area contributed by atoms with E-state index in [1.807, 2.05) is 0 Å². The molecule has 0 spiro atoms. The molecule has 0 aliphatic rings. The summed E-state index contributed by atoms with van der Waals surface area (Å²) in [5.74, 6) is -1.22. The van der Waals surface area contributed by atoms with E-state index < -0.39 is 36.9 Å². The van der Waals surface area contributed by atoms with Gasteiger partial charge in [0.1, 0.15) is 23.3 Å². The average molecular weight is 559 g/mol. The Balaban J connectivity index is 1.70. The lowest BCUT2D eigenvalue weighted by Crippen LogP contribution is -2.45. The summed E-state index contributed by atoms with van der Waals surface area (Å²) in [6.45, 7) is 3.54. The van der Waals surface area contributed by atoms with Crippen LogP contribution in [0.5, 0.6) is 17.2 Å². The maximum atomic E-state index is 13.0. The Morgan fingerprint density at radius 3 is 2.02 bits per heavy atom. The first-order valence-corrected chi connectivity index (χ1v) is 12.4. The van der Waals surface area contributed by atoms with Crippen LogP contribution in [-0.4, -0.2) is 55.7 Å². The van der Waals surface area contributed by atoms with Crippen molar-refractivity contribution in [3.05, 3.63) is 71.0 Å². The van der Waals surface area contributed by atoms with Crippen molar-refractivity contribution in [3.8, 4) is 22.9 Å². The molecular formula is C29H32F2N2O7. The zero-order chi connectivity index (χ0) is 29.6. The summed E-state index contributed by atoms with van der Waals surface area (Å²) in [7, 11) is 2.92. The summed E-state index contributed by atoms with van der Waals surface area (Å²) in [5, 5.41) is 2.66. The van der Waals surface area contributed by atoms with Crippen molar-refractivity contribution >= 4 is 17.7 Å². The number of alkyl halides is 2. The quantitative estimate of drug-likeness (QED) is 0.249. The van der Waals surface area contributed by atoms with Gasteiger partial charge in [-0.05, 0) is 62.2 Å². The number of hydrogen-bond donors (Lipinski definition) is 1. The van der Waals surface area contributed by atoms with Gasteiger partial charge in [0, 0.05) is 34.3 Å². The molecule has 0 aliphatic heterocycles. The summed E-state index contributed by atoms with van der Waals surface area (Å²) in [6.07, 6.45) is 0. The summed E-state index contributed by atoms with van der Waals surface area (Å²) < 4.78 is 46.8. The van der Waals surface area contributed by atoms with Crippen molar-refractivity contribution in [2.75, 3.05) is 20.8 Å². The van der Waals surface area contributed by atoms with Gasteiger partial charge in [-0.15, -0.1) is 0 Å². The Morgan fingerprint density at radius 1 is 0.900 bits per heavy atom. The van der Waals surface area contributed by atoms with Crippen LogP contribution in [0.1, 0.15) is 46.0 Å². The van der Waals surface area contributed by atoms with Crippen LogP contribution in [0, 0.1) is 19.8 Å². The van der Waals surface area contributed by atoms with Crippen LogP contribution >= 0.6 is 0 Å². The topological polar surface area (TPSA) is 105 Å². The largest absolute Gasteiger partial charge is 0.497 e. The smallest absolute Gasteiger partial charge is 0.387 e. The fourth-order valence-electron chi connectivity index (χ4n) is 4.18. The second-order valence-corrected chi connectivity index (χ2v) is 9.32. The fourth-order valence-corrected chi connectivity index (χ4v) is 4.18. The molecule has 1 aromatic heterocycles. The van der Waals surface area contributed by atoms with Crippen molar-refractivity contribution in [2.45, 2.75) is 40.3 Å². The first-order valence-electron chi connectivity index (χ1n) is 12.4. The lowest BCUT2D eigenvalue weighted by atomic mass is 10.0. The van der Waals surface area contributed by atoms with E-state index in [1.54, 1.807) is 56.5 Å². The Bertz CT molecular complexity index is 1350. The van der Waals surface area contributed by atoms with E-state index in [0.29, 0.717) is 28.4 Å². The molecule has 1 atom stereocenters. The van der Waals surface area contributed by atoms with Crippen LogP contribution in [0.4, 0.5) is 8.78 Å². The van der Waals surface area contributed by atoms with E-state index in [9.17, 15) is 23.2 Å². The number of amides is 1. The molecular weight excluding hydrogens is 526 g/mol. The predicted molar refractivity (Wildman–Crippen MR) is 143 cm³/mol. The molecule has 0 bridgehead atoms. The van der Waals surface area contributed by atoms with Crippen LogP contribution in [0.2, 0.25) is 0 Å². The molecule has 1 amide bonds. The molecule has 1 N–H and O–H groups in total. The number of methoxy groups -OCH3 is 2. The van der Waals surface area contributed by atoms with E-state index in [2.05, 4.69) is 10.1 Å². The van der Waals surface area contributed by atoms with Crippen molar-refractivity contribution in [1.29, 1.82) is 0 Å². The number of ketones is 1. The number of benzene rings is 2. The average Bonchev–Trinajstić information content (AvgIpc) is 3.23. The van der Waals surface area contributed by atoms with Crippen LogP contribution in [0.25, 0.3) is 5.69 Å². The summed E-state index contributed by atoms with van der Waals surface area (Å²) in [6, 6.07) is 11.3. The van der Waals surface area contributed by atoms with Crippen LogP contribution in [0.15, 0.2) is 48.5 Å². The van der Waals surface area contributed by atoms with E-state index in [-0.39, 0.29) is 17.2 Å². The maximum Gasteiger partial charge on any atom is 0.387 e. The van der Waals surface area contributed by atoms with Crippen molar-refractivity contribution in [3.63, 3.8) is 0 Å². The molecule has 0 aliphatic carbocycles. The Labute approximate surface area is 231 Å². The monoisotopic (exact) mass is 558 g/mol. The number of aryl methyl sites for hydroxylation is 1. The van der Waals surface area contributed by atoms with Gasteiger partial charge in [0.05, 0.1) is 14.2 Å². The second kappa shape index (κ2) is 13.1.